The van der Waals surface area contributed by atoms with Crippen molar-refractivity contribution in [2.45, 2.75) is 18.6 Å². The van der Waals surface area contributed by atoms with Gasteiger partial charge in [-0.25, -0.2) is 4.79 Å². The largest absolute Gasteiger partial charge is 0.493 e. The number of amidine groups is 1. The van der Waals surface area contributed by atoms with Gasteiger partial charge in [-0.2, -0.15) is 4.68 Å². The summed E-state index contributed by atoms with van der Waals surface area (Å²) in [4.78, 5) is 27.9. The van der Waals surface area contributed by atoms with Crippen LogP contribution in [0.15, 0.2) is 71.5 Å². The lowest BCUT2D eigenvalue weighted by atomic mass is 10.0. The van der Waals surface area contributed by atoms with Gasteiger partial charge < -0.3 is 31.0 Å². The number of primary amides is 1. The topological polar surface area (TPSA) is 183 Å². The Balaban J connectivity index is 1.56. The summed E-state index contributed by atoms with van der Waals surface area (Å²) in [7, 11) is 1.55. The highest BCUT2D eigenvalue weighted by molar-refractivity contribution is 5.96. The third kappa shape index (κ3) is 5.52. The maximum Gasteiger partial charge on any atom is 0.348 e. The number of carbonyl (C=O) groups is 1. The molecule has 0 radical (unpaired) electrons. The van der Waals surface area contributed by atoms with Crippen LogP contribution in [0.1, 0.15) is 39.8 Å². The summed E-state index contributed by atoms with van der Waals surface area (Å²) >= 11 is 0. The van der Waals surface area contributed by atoms with Crippen LogP contribution in [0.4, 0.5) is 5.69 Å². The Labute approximate surface area is 229 Å². The number of methoxy groups -OCH3 is 1. The predicted molar refractivity (Wildman–Crippen MR) is 148 cm³/mol. The number of rotatable bonds is 10. The van der Waals surface area contributed by atoms with Gasteiger partial charge in [-0.1, -0.05) is 18.2 Å². The second-order valence-electron chi connectivity index (χ2n) is 9.19. The first-order valence-corrected chi connectivity index (χ1v) is 12.6. The van der Waals surface area contributed by atoms with Crippen molar-refractivity contribution >= 4 is 17.4 Å². The van der Waals surface area contributed by atoms with Crippen LogP contribution in [-0.2, 0) is 4.74 Å². The molecule has 0 spiro atoms. The summed E-state index contributed by atoms with van der Waals surface area (Å²) in [5.41, 5.74) is 13.0. The molecule has 3 aromatic carbocycles. The van der Waals surface area contributed by atoms with Gasteiger partial charge >= 0.3 is 5.69 Å². The Morgan fingerprint density at radius 1 is 1.15 bits per heavy atom. The van der Waals surface area contributed by atoms with Crippen molar-refractivity contribution in [2.75, 3.05) is 25.6 Å². The Bertz CT molecular complexity index is 1590. The number of benzene rings is 3. The summed E-state index contributed by atoms with van der Waals surface area (Å²) < 4.78 is 18.2. The Morgan fingerprint density at radius 2 is 1.93 bits per heavy atom. The minimum Gasteiger partial charge on any atom is -0.493 e. The van der Waals surface area contributed by atoms with E-state index in [1.54, 1.807) is 61.7 Å². The second kappa shape index (κ2) is 11.3. The highest BCUT2D eigenvalue weighted by atomic mass is 16.6. The van der Waals surface area contributed by atoms with E-state index in [0.717, 1.165) is 11.1 Å². The molecule has 7 N–H and O–H groups in total. The summed E-state index contributed by atoms with van der Waals surface area (Å²) in [6.45, 7) is 1.16. The van der Waals surface area contributed by atoms with Crippen LogP contribution in [0.5, 0.6) is 11.5 Å². The molecule has 1 aromatic heterocycles. The average Bonchev–Trinajstić information content (AvgIpc) is 3.61. The van der Waals surface area contributed by atoms with Crippen LogP contribution in [0, 0.1) is 5.41 Å². The zero-order valence-electron chi connectivity index (χ0n) is 21.7. The van der Waals surface area contributed by atoms with Crippen molar-refractivity contribution < 1.29 is 19.0 Å². The van der Waals surface area contributed by atoms with E-state index in [0.29, 0.717) is 41.5 Å². The van der Waals surface area contributed by atoms with Gasteiger partial charge in [0.15, 0.2) is 17.3 Å². The quantitative estimate of drug-likeness (QED) is 0.149. The molecular formula is C28H29N7O5. The number of nitrogens with one attached hydrogen (secondary N) is 3. The van der Waals surface area contributed by atoms with E-state index < -0.39 is 17.6 Å². The first-order valence-electron chi connectivity index (χ1n) is 12.6. The third-order valence-electron chi connectivity index (χ3n) is 6.52. The number of nitrogen functional groups attached to an aromatic ring is 1. The van der Waals surface area contributed by atoms with Crippen LogP contribution >= 0.6 is 0 Å². The molecule has 5 rings (SSSR count). The van der Waals surface area contributed by atoms with Gasteiger partial charge in [-0.3, -0.25) is 15.2 Å². The summed E-state index contributed by atoms with van der Waals surface area (Å²) in [6.07, 6.45) is 0.724. The van der Waals surface area contributed by atoms with E-state index in [1.807, 2.05) is 6.07 Å². The molecular weight excluding hydrogens is 514 g/mol. The van der Waals surface area contributed by atoms with Crippen molar-refractivity contribution in [3.63, 3.8) is 0 Å². The van der Waals surface area contributed by atoms with Crippen LogP contribution in [0.2, 0.25) is 0 Å². The normalized spacial score (nSPS) is 15.4. The fraction of sp³-hybridized carbons (Fsp3) is 0.214. The number of hydrogen-bond acceptors (Lipinski definition) is 8. The lowest BCUT2D eigenvalue weighted by Gasteiger charge is -2.21. The smallest absolute Gasteiger partial charge is 0.348 e. The van der Waals surface area contributed by atoms with Crippen molar-refractivity contribution in [3.8, 4) is 17.2 Å². The maximum absolute atomic E-state index is 13.1. The molecule has 0 aliphatic carbocycles. The lowest BCUT2D eigenvalue weighted by Crippen LogP contribution is -2.21. The number of para-hydroxylation sites is 1. The molecule has 1 amide bonds. The number of carbonyl (C=O) groups excluding carboxylic acids is 1. The van der Waals surface area contributed by atoms with Gasteiger partial charge in [0.2, 0.25) is 0 Å². The van der Waals surface area contributed by atoms with Crippen molar-refractivity contribution in [1.82, 2.24) is 14.8 Å². The molecule has 4 aromatic rings. The first kappa shape index (κ1) is 26.5. The zero-order chi connectivity index (χ0) is 28.2. The standard InChI is InChI=1S/C28H29N7O5/c1-38-23-14-17(8-11-22(23)40-19-12-13-39-15-19)24(32-18-9-6-16(7-10-18)25(29)30)27-33-28(37)35(34-27)21-5-3-2-4-20(21)26(31)36/h2-11,14,19,24,32H,12-13,15H2,1H3,(H3,29,30)(H2,31,36)(H,33,34,37). The molecule has 2 atom stereocenters. The Hall–Kier alpha value is -5.10. The SMILES string of the molecule is COc1cc(C(Nc2ccc(C(=N)N)cc2)c2nn(-c3ccccc3C(N)=O)c(=O)[nH]2)ccc1OC1CCOC1. The number of aromatic nitrogens is 3. The van der Waals surface area contributed by atoms with E-state index in [1.165, 1.54) is 6.07 Å². The number of nitrogens with zero attached hydrogens (tertiary/aromatic N) is 2. The summed E-state index contributed by atoms with van der Waals surface area (Å²) in [5, 5.41) is 15.6. The van der Waals surface area contributed by atoms with Crippen LogP contribution < -0.4 is 31.9 Å². The second-order valence-corrected chi connectivity index (χ2v) is 9.19. The molecule has 12 nitrogen and oxygen atoms in total. The van der Waals surface area contributed by atoms with Gasteiger partial charge in [0.05, 0.1) is 31.6 Å². The number of H-pyrrole nitrogens is 1. The van der Waals surface area contributed by atoms with Gasteiger partial charge in [0.1, 0.15) is 18.0 Å². The van der Waals surface area contributed by atoms with E-state index in [2.05, 4.69) is 15.4 Å². The average molecular weight is 544 g/mol. The molecule has 2 heterocycles. The predicted octanol–water partition coefficient (Wildman–Crippen LogP) is 2.32. The molecule has 40 heavy (non-hydrogen) atoms. The summed E-state index contributed by atoms with van der Waals surface area (Å²) in [6, 6.07) is 18.3. The Morgan fingerprint density at radius 3 is 2.60 bits per heavy atom. The molecule has 1 saturated heterocycles. The minimum absolute atomic E-state index is 0.0488. The first-order chi connectivity index (χ1) is 19.3. The van der Waals surface area contributed by atoms with Crippen LogP contribution in [0.25, 0.3) is 5.69 Å². The molecule has 0 saturated carbocycles. The van der Waals surface area contributed by atoms with Crippen LogP contribution in [-0.4, -0.2) is 52.9 Å². The van der Waals surface area contributed by atoms with Crippen molar-refractivity contribution in [1.29, 1.82) is 5.41 Å². The number of aromatic amines is 1. The number of amides is 1. The lowest BCUT2D eigenvalue weighted by molar-refractivity contribution is 0.1000. The third-order valence-corrected chi connectivity index (χ3v) is 6.52. The highest BCUT2D eigenvalue weighted by Gasteiger charge is 2.24. The number of ether oxygens (including phenoxy) is 3. The molecule has 1 fully saturated rings. The molecule has 1 aliphatic rings. The molecule has 2 unspecified atom stereocenters. The van der Waals surface area contributed by atoms with Gasteiger partial charge in [0.25, 0.3) is 5.91 Å². The zero-order valence-corrected chi connectivity index (χ0v) is 21.7. The molecule has 0 bridgehead atoms. The fourth-order valence-electron chi connectivity index (χ4n) is 4.47. The van der Waals surface area contributed by atoms with E-state index >= 15 is 0 Å². The van der Waals surface area contributed by atoms with Crippen molar-refractivity contribution in [2.24, 2.45) is 11.5 Å². The Kier molecular flexibility index (Phi) is 7.51. The monoisotopic (exact) mass is 543 g/mol. The fourth-order valence-corrected chi connectivity index (χ4v) is 4.47. The van der Waals surface area contributed by atoms with Gasteiger partial charge in [0, 0.05) is 17.7 Å². The van der Waals surface area contributed by atoms with Gasteiger partial charge in [-0.15, -0.1) is 5.10 Å². The maximum atomic E-state index is 13.1. The number of nitrogens with two attached hydrogens (primary N) is 2. The number of anilines is 1. The van der Waals surface area contributed by atoms with Gasteiger partial charge in [-0.05, 0) is 54.1 Å². The van der Waals surface area contributed by atoms with Crippen LogP contribution in [0.3, 0.4) is 0 Å². The molecule has 12 heteroatoms. The minimum atomic E-state index is -0.680. The van der Waals surface area contributed by atoms with E-state index in [4.69, 9.17) is 31.1 Å². The molecule has 206 valence electrons. The number of hydrogen-bond donors (Lipinski definition) is 5. The highest BCUT2D eigenvalue weighted by Crippen LogP contribution is 2.34. The summed E-state index contributed by atoms with van der Waals surface area (Å²) in [5.74, 6) is 0.622. The van der Waals surface area contributed by atoms with E-state index in [-0.39, 0.29) is 29.0 Å². The molecule has 1 aliphatic heterocycles. The van der Waals surface area contributed by atoms with E-state index in [9.17, 15) is 9.59 Å². The van der Waals surface area contributed by atoms with Crippen molar-refractivity contribution in [3.05, 3.63) is 99.7 Å².